The van der Waals surface area contributed by atoms with Crippen LogP contribution < -0.4 is 5.32 Å². The molecule has 2 rings (SSSR count). The van der Waals surface area contributed by atoms with Crippen molar-refractivity contribution >= 4 is 11.6 Å². The minimum absolute atomic E-state index is 0.0451. The summed E-state index contributed by atoms with van der Waals surface area (Å²) in [6.07, 6.45) is 0.279. The Labute approximate surface area is 117 Å². The number of rotatable bonds is 3. The molecule has 1 aromatic carbocycles. The first-order chi connectivity index (χ1) is 9.40. The molecule has 108 valence electrons. The summed E-state index contributed by atoms with van der Waals surface area (Å²) < 4.78 is 0. The van der Waals surface area contributed by atoms with Crippen LogP contribution in [0.2, 0.25) is 0 Å². The number of benzene rings is 1. The van der Waals surface area contributed by atoms with Crippen molar-refractivity contribution < 1.29 is 9.72 Å². The molecule has 1 aliphatic rings. The number of nitrogens with one attached hydrogen (secondary N) is 1. The number of amides is 1. The Morgan fingerprint density at radius 1 is 1.40 bits per heavy atom. The second-order valence-electron chi connectivity index (χ2n) is 5.63. The van der Waals surface area contributed by atoms with Crippen molar-refractivity contribution in [3.8, 4) is 0 Å². The molecule has 1 amide bonds. The topological polar surface area (TPSA) is 75.5 Å². The lowest BCUT2D eigenvalue weighted by Crippen LogP contribution is -2.60. The molecule has 0 unspecified atom stereocenters. The number of hydrogen-bond donors (Lipinski definition) is 1. The number of nitro benzene ring substituents is 1. The second-order valence-corrected chi connectivity index (χ2v) is 5.63. The van der Waals surface area contributed by atoms with Gasteiger partial charge in [-0.05, 0) is 19.4 Å². The fraction of sp³-hybridized carbons (Fsp3) is 0.500. The van der Waals surface area contributed by atoms with E-state index in [-0.39, 0.29) is 23.6 Å². The largest absolute Gasteiger partial charge is 0.335 e. The lowest BCUT2D eigenvalue weighted by molar-refractivity contribution is -0.384. The molecule has 0 radical (unpaired) electrons. The molecule has 1 fully saturated rings. The van der Waals surface area contributed by atoms with Gasteiger partial charge in [0.15, 0.2) is 0 Å². The van der Waals surface area contributed by atoms with Crippen LogP contribution in [-0.2, 0) is 11.2 Å². The van der Waals surface area contributed by atoms with E-state index >= 15 is 0 Å². The number of piperazine rings is 1. The van der Waals surface area contributed by atoms with E-state index in [0.717, 1.165) is 18.7 Å². The van der Waals surface area contributed by atoms with Crippen LogP contribution in [0.25, 0.3) is 0 Å². The Morgan fingerprint density at radius 2 is 2.05 bits per heavy atom. The van der Waals surface area contributed by atoms with Crippen molar-refractivity contribution in [1.29, 1.82) is 0 Å². The van der Waals surface area contributed by atoms with Crippen LogP contribution >= 0.6 is 0 Å². The predicted molar refractivity (Wildman–Crippen MR) is 75.5 cm³/mol. The van der Waals surface area contributed by atoms with Crippen molar-refractivity contribution in [2.45, 2.75) is 25.8 Å². The molecular formula is C14H19N3O3. The maximum absolute atomic E-state index is 12.4. The zero-order valence-corrected chi connectivity index (χ0v) is 11.8. The Morgan fingerprint density at radius 3 is 2.60 bits per heavy atom. The molecule has 0 spiro atoms. The number of hydrogen-bond acceptors (Lipinski definition) is 4. The SMILES string of the molecule is CC1(C)CNCCN1C(=O)Cc1ccc([N+](=O)[O-])cc1. The van der Waals surface area contributed by atoms with E-state index < -0.39 is 4.92 Å². The zero-order valence-electron chi connectivity index (χ0n) is 11.8. The van der Waals surface area contributed by atoms with Crippen molar-refractivity contribution in [3.05, 3.63) is 39.9 Å². The summed E-state index contributed by atoms with van der Waals surface area (Å²) in [4.78, 5) is 24.4. The van der Waals surface area contributed by atoms with E-state index in [2.05, 4.69) is 5.32 Å². The first-order valence-corrected chi connectivity index (χ1v) is 6.65. The summed E-state index contributed by atoms with van der Waals surface area (Å²) >= 11 is 0. The van der Waals surface area contributed by atoms with Crippen LogP contribution in [0.3, 0.4) is 0 Å². The summed E-state index contributed by atoms with van der Waals surface area (Å²) in [6, 6.07) is 6.16. The van der Waals surface area contributed by atoms with Crippen molar-refractivity contribution in [2.24, 2.45) is 0 Å². The minimum Gasteiger partial charge on any atom is -0.335 e. The molecule has 0 aliphatic carbocycles. The van der Waals surface area contributed by atoms with Crippen molar-refractivity contribution in [3.63, 3.8) is 0 Å². The molecule has 6 heteroatoms. The van der Waals surface area contributed by atoms with Crippen molar-refractivity contribution in [2.75, 3.05) is 19.6 Å². The second kappa shape index (κ2) is 5.58. The lowest BCUT2D eigenvalue weighted by atomic mass is 9.99. The van der Waals surface area contributed by atoms with Crippen LogP contribution in [0.4, 0.5) is 5.69 Å². The number of non-ortho nitro benzene ring substituents is 1. The average Bonchev–Trinajstić information content (AvgIpc) is 2.38. The van der Waals surface area contributed by atoms with Crippen LogP contribution in [0, 0.1) is 10.1 Å². The van der Waals surface area contributed by atoms with Crippen LogP contribution in [-0.4, -0.2) is 40.9 Å². The standard InChI is InChI=1S/C14H19N3O3/c1-14(2)10-15-7-8-16(14)13(18)9-11-3-5-12(6-4-11)17(19)20/h3-6,15H,7-10H2,1-2H3. The van der Waals surface area contributed by atoms with Gasteiger partial charge in [-0.3, -0.25) is 14.9 Å². The van der Waals surface area contributed by atoms with Gasteiger partial charge in [0.1, 0.15) is 0 Å². The fourth-order valence-electron chi connectivity index (χ4n) is 2.45. The van der Waals surface area contributed by atoms with Gasteiger partial charge < -0.3 is 10.2 Å². The summed E-state index contributed by atoms with van der Waals surface area (Å²) in [6.45, 7) is 6.34. The summed E-state index contributed by atoms with van der Waals surface area (Å²) in [5.41, 5.74) is 0.648. The van der Waals surface area contributed by atoms with Crippen LogP contribution in [0.15, 0.2) is 24.3 Å². The third kappa shape index (κ3) is 3.14. The summed E-state index contributed by atoms with van der Waals surface area (Å²) in [5.74, 6) is 0.0605. The molecule has 0 atom stereocenters. The molecule has 6 nitrogen and oxygen atoms in total. The normalized spacial score (nSPS) is 17.8. The van der Waals surface area contributed by atoms with Gasteiger partial charge in [-0.1, -0.05) is 12.1 Å². The minimum atomic E-state index is -0.439. The average molecular weight is 277 g/mol. The highest BCUT2D eigenvalue weighted by atomic mass is 16.6. The van der Waals surface area contributed by atoms with Gasteiger partial charge in [0.2, 0.25) is 5.91 Å². The number of nitro groups is 1. The summed E-state index contributed by atoms with van der Waals surface area (Å²) in [5, 5.41) is 13.9. The third-order valence-corrected chi connectivity index (χ3v) is 3.60. The van der Waals surface area contributed by atoms with Gasteiger partial charge in [0.25, 0.3) is 5.69 Å². The number of carbonyl (C=O) groups excluding carboxylic acids is 1. The molecule has 1 aromatic rings. The Balaban J connectivity index is 2.05. The van der Waals surface area contributed by atoms with E-state index in [9.17, 15) is 14.9 Å². The van der Waals surface area contributed by atoms with Crippen molar-refractivity contribution in [1.82, 2.24) is 10.2 Å². The first-order valence-electron chi connectivity index (χ1n) is 6.65. The molecule has 0 aromatic heterocycles. The fourth-order valence-corrected chi connectivity index (χ4v) is 2.45. The maximum Gasteiger partial charge on any atom is 0.269 e. The molecule has 1 saturated heterocycles. The number of carbonyl (C=O) groups is 1. The maximum atomic E-state index is 12.4. The monoisotopic (exact) mass is 277 g/mol. The molecule has 1 heterocycles. The quantitative estimate of drug-likeness (QED) is 0.668. The molecule has 20 heavy (non-hydrogen) atoms. The molecule has 1 N–H and O–H groups in total. The highest BCUT2D eigenvalue weighted by Crippen LogP contribution is 2.19. The lowest BCUT2D eigenvalue weighted by Gasteiger charge is -2.43. The third-order valence-electron chi connectivity index (χ3n) is 3.60. The zero-order chi connectivity index (χ0) is 14.8. The van der Waals surface area contributed by atoms with Gasteiger partial charge in [-0.2, -0.15) is 0 Å². The van der Waals surface area contributed by atoms with Gasteiger partial charge in [0, 0.05) is 37.3 Å². The first kappa shape index (κ1) is 14.5. The highest BCUT2D eigenvalue weighted by molar-refractivity contribution is 5.79. The molecular weight excluding hydrogens is 258 g/mol. The van der Waals surface area contributed by atoms with E-state index in [4.69, 9.17) is 0 Å². The van der Waals surface area contributed by atoms with E-state index in [1.54, 1.807) is 12.1 Å². The van der Waals surface area contributed by atoms with Gasteiger partial charge >= 0.3 is 0 Å². The van der Waals surface area contributed by atoms with Gasteiger partial charge in [-0.15, -0.1) is 0 Å². The smallest absolute Gasteiger partial charge is 0.269 e. The van der Waals surface area contributed by atoms with E-state index in [1.165, 1.54) is 12.1 Å². The van der Waals surface area contributed by atoms with E-state index in [1.807, 2.05) is 18.7 Å². The molecule has 0 bridgehead atoms. The molecule has 0 saturated carbocycles. The van der Waals surface area contributed by atoms with Crippen LogP contribution in [0.1, 0.15) is 19.4 Å². The van der Waals surface area contributed by atoms with E-state index in [0.29, 0.717) is 6.54 Å². The highest BCUT2D eigenvalue weighted by Gasteiger charge is 2.32. The summed E-state index contributed by atoms with van der Waals surface area (Å²) in [7, 11) is 0. The Hall–Kier alpha value is -1.95. The van der Waals surface area contributed by atoms with Gasteiger partial charge in [-0.25, -0.2) is 0 Å². The Kier molecular flexibility index (Phi) is 4.04. The predicted octanol–water partition coefficient (Wildman–Crippen LogP) is 1.35. The van der Waals surface area contributed by atoms with Gasteiger partial charge in [0.05, 0.1) is 11.3 Å². The van der Waals surface area contributed by atoms with Crippen LogP contribution in [0.5, 0.6) is 0 Å². The molecule has 1 aliphatic heterocycles. The number of nitrogens with zero attached hydrogens (tertiary/aromatic N) is 2. The Bertz CT molecular complexity index is 511.